The van der Waals surface area contributed by atoms with Crippen LogP contribution in [0.25, 0.3) is 11.5 Å². The molecular weight excluding hydrogens is 268 g/mol. The predicted octanol–water partition coefficient (Wildman–Crippen LogP) is 2.90. The summed E-state index contributed by atoms with van der Waals surface area (Å²) in [5.41, 5.74) is 6.17. The van der Waals surface area contributed by atoms with Gasteiger partial charge in [0.1, 0.15) is 5.69 Å². The van der Waals surface area contributed by atoms with Crippen LogP contribution in [-0.2, 0) is 6.42 Å². The Hall–Kier alpha value is -1.33. The molecule has 20 heavy (non-hydrogen) atoms. The molecule has 2 aromatic rings. The van der Waals surface area contributed by atoms with Gasteiger partial charge in [-0.3, -0.25) is 0 Å². The molecule has 1 aliphatic carbocycles. The van der Waals surface area contributed by atoms with E-state index in [1.54, 1.807) is 11.3 Å². The monoisotopic (exact) mass is 288 g/mol. The summed E-state index contributed by atoms with van der Waals surface area (Å²) in [5, 5.41) is 5.54. The van der Waals surface area contributed by atoms with Gasteiger partial charge in [0.05, 0.1) is 5.51 Å². The van der Waals surface area contributed by atoms with E-state index in [0.717, 1.165) is 48.3 Å². The molecule has 0 atom stereocenters. The second kappa shape index (κ2) is 5.97. The molecule has 0 spiro atoms. The molecule has 0 saturated heterocycles. The third kappa shape index (κ3) is 3.22. The minimum absolute atomic E-state index is 0.751. The first-order valence-electron chi connectivity index (χ1n) is 7.20. The number of hydrogen-bond acceptors (Lipinski definition) is 5. The predicted molar refractivity (Wildman–Crippen MR) is 82.0 cm³/mol. The van der Waals surface area contributed by atoms with Crippen LogP contribution in [0.1, 0.15) is 36.2 Å². The van der Waals surface area contributed by atoms with Crippen LogP contribution in [0.3, 0.4) is 0 Å². The van der Waals surface area contributed by atoms with Crippen molar-refractivity contribution >= 4 is 11.3 Å². The first kappa shape index (κ1) is 13.6. The molecule has 1 aliphatic rings. The summed E-state index contributed by atoms with van der Waals surface area (Å²) in [7, 11) is 0. The van der Waals surface area contributed by atoms with Gasteiger partial charge in [-0.05, 0) is 51.6 Å². The number of aromatic nitrogens is 3. The minimum Gasteiger partial charge on any atom is -0.314 e. The summed E-state index contributed by atoms with van der Waals surface area (Å²) in [6.07, 6.45) is 4.90. The molecule has 0 bridgehead atoms. The SMILES string of the molecule is Cc1nc(-c2cscn2)nc(C)c1CCCNC1CC1. The van der Waals surface area contributed by atoms with Crippen molar-refractivity contribution in [2.45, 2.75) is 45.6 Å². The second-order valence-electron chi connectivity index (χ2n) is 5.40. The Kier molecular flexibility index (Phi) is 4.08. The fourth-order valence-electron chi connectivity index (χ4n) is 2.40. The third-order valence-electron chi connectivity index (χ3n) is 3.70. The summed E-state index contributed by atoms with van der Waals surface area (Å²) in [6.45, 7) is 5.25. The molecule has 4 nitrogen and oxygen atoms in total. The maximum Gasteiger partial charge on any atom is 0.179 e. The molecule has 1 saturated carbocycles. The minimum atomic E-state index is 0.751. The standard InChI is InChI=1S/C15H20N4S/c1-10-13(4-3-7-16-12-5-6-12)11(2)19-15(18-10)14-8-20-9-17-14/h8-9,12,16H,3-7H2,1-2H3. The van der Waals surface area contributed by atoms with Crippen LogP contribution in [0.15, 0.2) is 10.9 Å². The van der Waals surface area contributed by atoms with Gasteiger partial charge >= 0.3 is 0 Å². The zero-order chi connectivity index (χ0) is 13.9. The van der Waals surface area contributed by atoms with Crippen LogP contribution in [0.4, 0.5) is 0 Å². The van der Waals surface area contributed by atoms with Crippen molar-refractivity contribution in [3.05, 3.63) is 27.8 Å². The molecule has 0 amide bonds. The molecule has 0 aliphatic heterocycles. The second-order valence-corrected chi connectivity index (χ2v) is 6.12. The van der Waals surface area contributed by atoms with Crippen molar-refractivity contribution in [2.24, 2.45) is 0 Å². The van der Waals surface area contributed by atoms with Gasteiger partial charge in [-0.25, -0.2) is 15.0 Å². The molecule has 2 aromatic heterocycles. The Balaban J connectivity index is 1.67. The van der Waals surface area contributed by atoms with E-state index in [0.29, 0.717) is 0 Å². The lowest BCUT2D eigenvalue weighted by Gasteiger charge is -2.10. The molecule has 2 heterocycles. The van der Waals surface area contributed by atoms with Crippen molar-refractivity contribution in [1.29, 1.82) is 0 Å². The maximum absolute atomic E-state index is 4.62. The molecule has 1 fully saturated rings. The maximum atomic E-state index is 4.62. The van der Waals surface area contributed by atoms with Gasteiger partial charge in [0.25, 0.3) is 0 Å². The van der Waals surface area contributed by atoms with Gasteiger partial charge in [-0.2, -0.15) is 0 Å². The van der Waals surface area contributed by atoms with Crippen LogP contribution >= 0.6 is 11.3 Å². The Labute approximate surface area is 123 Å². The lowest BCUT2D eigenvalue weighted by atomic mass is 10.1. The Morgan fingerprint density at radius 3 is 2.60 bits per heavy atom. The smallest absolute Gasteiger partial charge is 0.179 e. The highest BCUT2D eigenvalue weighted by Crippen LogP contribution is 2.20. The molecular formula is C15H20N4S. The number of rotatable bonds is 6. The van der Waals surface area contributed by atoms with E-state index in [1.165, 1.54) is 18.4 Å². The van der Waals surface area contributed by atoms with E-state index in [2.05, 4.69) is 34.1 Å². The molecule has 106 valence electrons. The van der Waals surface area contributed by atoms with E-state index in [-0.39, 0.29) is 0 Å². The Bertz CT molecular complexity index is 553. The van der Waals surface area contributed by atoms with Crippen molar-refractivity contribution in [1.82, 2.24) is 20.3 Å². The van der Waals surface area contributed by atoms with E-state index in [4.69, 9.17) is 0 Å². The van der Waals surface area contributed by atoms with Crippen LogP contribution in [0.5, 0.6) is 0 Å². The highest BCUT2D eigenvalue weighted by atomic mass is 32.1. The van der Waals surface area contributed by atoms with Gasteiger partial charge in [0, 0.05) is 22.8 Å². The number of aryl methyl sites for hydroxylation is 2. The van der Waals surface area contributed by atoms with E-state index in [9.17, 15) is 0 Å². The van der Waals surface area contributed by atoms with Crippen molar-refractivity contribution in [3.8, 4) is 11.5 Å². The average Bonchev–Trinajstić information content (AvgIpc) is 3.08. The highest BCUT2D eigenvalue weighted by Gasteiger charge is 2.19. The van der Waals surface area contributed by atoms with Gasteiger partial charge in [0.15, 0.2) is 5.82 Å². The average molecular weight is 288 g/mol. The van der Waals surface area contributed by atoms with Crippen LogP contribution in [0.2, 0.25) is 0 Å². The summed E-state index contributed by atoms with van der Waals surface area (Å²) in [4.78, 5) is 13.5. The van der Waals surface area contributed by atoms with E-state index < -0.39 is 0 Å². The lowest BCUT2D eigenvalue weighted by molar-refractivity contribution is 0.642. The van der Waals surface area contributed by atoms with Crippen molar-refractivity contribution < 1.29 is 0 Å². The zero-order valence-electron chi connectivity index (χ0n) is 12.0. The molecule has 0 radical (unpaired) electrons. The van der Waals surface area contributed by atoms with Crippen molar-refractivity contribution in [3.63, 3.8) is 0 Å². The number of thiazole rings is 1. The van der Waals surface area contributed by atoms with E-state index >= 15 is 0 Å². The van der Waals surface area contributed by atoms with Crippen LogP contribution in [-0.4, -0.2) is 27.5 Å². The quantitative estimate of drug-likeness (QED) is 0.830. The molecule has 0 unspecified atom stereocenters. The number of nitrogens with one attached hydrogen (secondary N) is 1. The number of nitrogens with zero attached hydrogens (tertiary/aromatic N) is 3. The summed E-state index contributed by atoms with van der Waals surface area (Å²) in [6, 6.07) is 0.792. The fourth-order valence-corrected chi connectivity index (χ4v) is 2.93. The zero-order valence-corrected chi connectivity index (χ0v) is 12.8. The summed E-state index contributed by atoms with van der Waals surface area (Å²) >= 11 is 1.58. The molecule has 5 heteroatoms. The molecule has 0 aromatic carbocycles. The van der Waals surface area contributed by atoms with Gasteiger partial charge in [0.2, 0.25) is 0 Å². The highest BCUT2D eigenvalue weighted by molar-refractivity contribution is 7.07. The lowest BCUT2D eigenvalue weighted by Crippen LogP contribution is -2.18. The molecule has 3 rings (SSSR count). The normalized spacial score (nSPS) is 14.7. The van der Waals surface area contributed by atoms with Gasteiger partial charge < -0.3 is 5.32 Å². The first-order valence-corrected chi connectivity index (χ1v) is 8.14. The third-order valence-corrected chi connectivity index (χ3v) is 4.28. The van der Waals surface area contributed by atoms with Gasteiger partial charge in [-0.15, -0.1) is 11.3 Å². The largest absolute Gasteiger partial charge is 0.314 e. The van der Waals surface area contributed by atoms with E-state index in [1.807, 2.05) is 10.9 Å². The van der Waals surface area contributed by atoms with Crippen LogP contribution < -0.4 is 5.32 Å². The number of hydrogen-bond donors (Lipinski definition) is 1. The summed E-state index contributed by atoms with van der Waals surface area (Å²) in [5.74, 6) is 0.751. The molecule has 1 N–H and O–H groups in total. The van der Waals surface area contributed by atoms with Crippen molar-refractivity contribution in [2.75, 3.05) is 6.54 Å². The van der Waals surface area contributed by atoms with Crippen LogP contribution in [0, 0.1) is 13.8 Å². The first-order chi connectivity index (χ1) is 9.74. The van der Waals surface area contributed by atoms with Gasteiger partial charge in [-0.1, -0.05) is 0 Å². The topological polar surface area (TPSA) is 50.7 Å². The summed E-state index contributed by atoms with van der Waals surface area (Å²) < 4.78 is 0. The fraction of sp³-hybridized carbons (Fsp3) is 0.533. The Morgan fingerprint density at radius 2 is 2.00 bits per heavy atom. The Morgan fingerprint density at radius 1 is 1.25 bits per heavy atom.